The lowest BCUT2D eigenvalue weighted by atomic mass is 10.2. The number of imidazole rings is 1. The van der Waals surface area contributed by atoms with Crippen LogP contribution in [0.4, 0.5) is 0 Å². The first-order valence-corrected chi connectivity index (χ1v) is 8.55. The van der Waals surface area contributed by atoms with E-state index in [1.807, 2.05) is 6.07 Å². The van der Waals surface area contributed by atoms with Crippen LogP contribution in [0.3, 0.4) is 0 Å². The molecule has 0 aliphatic heterocycles. The number of hydrogen-bond donors (Lipinski definition) is 1. The Bertz CT molecular complexity index is 660. The predicted octanol–water partition coefficient (Wildman–Crippen LogP) is 3.42. The molecule has 0 bridgehead atoms. The average molecular weight is 317 g/mol. The molecule has 0 saturated heterocycles. The molecule has 1 heterocycles. The second-order valence-corrected chi connectivity index (χ2v) is 5.82. The maximum Gasteiger partial charge on any atom is 0.335 e. The Morgan fingerprint density at radius 1 is 1.26 bits per heavy atom. The molecule has 0 atom stereocenters. The summed E-state index contributed by atoms with van der Waals surface area (Å²) in [6.45, 7) is 10.7. The minimum atomic E-state index is -0.903. The molecule has 0 saturated carbocycles. The number of aryl methyl sites for hydroxylation is 2. The second-order valence-electron chi connectivity index (χ2n) is 5.82. The topological polar surface area (TPSA) is 58.4 Å². The van der Waals surface area contributed by atoms with Crippen molar-refractivity contribution in [2.45, 2.75) is 46.6 Å². The monoisotopic (exact) mass is 317 g/mol. The minimum Gasteiger partial charge on any atom is -0.478 e. The van der Waals surface area contributed by atoms with Gasteiger partial charge < -0.3 is 14.6 Å². The lowest BCUT2D eigenvalue weighted by molar-refractivity contribution is 0.0697. The molecule has 0 unspecified atom stereocenters. The van der Waals surface area contributed by atoms with Gasteiger partial charge in [-0.1, -0.05) is 20.8 Å². The highest BCUT2D eigenvalue weighted by molar-refractivity contribution is 5.92. The quantitative estimate of drug-likeness (QED) is 0.770. The van der Waals surface area contributed by atoms with Crippen LogP contribution in [-0.2, 0) is 13.0 Å². The zero-order chi connectivity index (χ0) is 16.8. The van der Waals surface area contributed by atoms with Gasteiger partial charge in [-0.25, -0.2) is 9.78 Å². The van der Waals surface area contributed by atoms with Crippen LogP contribution in [0, 0.1) is 0 Å². The van der Waals surface area contributed by atoms with Crippen molar-refractivity contribution < 1.29 is 9.90 Å². The smallest absolute Gasteiger partial charge is 0.335 e. The van der Waals surface area contributed by atoms with E-state index in [0.717, 1.165) is 62.3 Å². The Kier molecular flexibility index (Phi) is 6.16. The molecule has 1 aromatic carbocycles. The van der Waals surface area contributed by atoms with Crippen molar-refractivity contribution in [2.75, 3.05) is 19.6 Å². The molecule has 0 amide bonds. The van der Waals surface area contributed by atoms with Crippen LogP contribution < -0.4 is 0 Å². The van der Waals surface area contributed by atoms with Crippen molar-refractivity contribution >= 4 is 17.0 Å². The van der Waals surface area contributed by atoms with Gasteiger partial charge in [-0.15, -0.1) is 0 Å². The average Bonchev–Trinajstić information content (AvgIpc) is 2.88. The number of carboxylic acid groups (broad SMARTS) is 1. The molecule has 0 aliphatic carbocycles. The van der Waals surface area contributed by atoms with Gasteiger partial charge >= 0.3 is 5.97 Å². The van der Waals surface area contributed by atoms with E-state index in [1.54, 1.807) is 12.1 Å². The SMILES string of the molecule is CCCc1nc2cc(C(=O)O)ccc2n1CCCN(CC)CC. The number of aromatic carboxylic acids is 1. The number of nitrogens with zero attached hydrogens (tertiary/aromatic N) is 3. The van der Waals surface area contributed by atoms with Gasteiger partial charge in [-0.05, 0) is 50.7 Å². The van der Waals surface area contributed by atoms with Gasteiger partial charge in [0.1, 0.15) is 5.82 Å². The van der Waals surface area contributed by atoms with Gasteiger partial charge in [0.2, 0.25) is 0 Å². The maximum atomic E-state index is 11.1. The van der Waals surface area contributed by atoms with Crippen molar-refractivity contribution in [3.8, 4) is 0 Å². The number of carboxylic acids is 1. The lowest BCUT2D eigenvalue weighted by Gasteiger charge is -2.18. The van der Waals surface area contributed by atoms with Crippen LogP contribution in [0.1, 0.15) is 49.8 Å². The molecule has 2 rings (SSSR count). The maximum absolute atomic E-state index is 11.1. The Balaban J connectivity index is 2.25. The van der Waals surface area contributed by atoms with Crippen LogP contribution in [0.25, 0.3) is 11.0 Å². The molecule has 23 heavy (non-hydrogen) atoms. The van der Waals surface area contributed by atoms with Crippen LogP contribution >= 0.6 is 0 Å². The molecule has 1 N–H and O–H groups in total. The van der Waals surface area contributed by atoms with Crippen LogP contribution in [-0.4, -0.2) is 45.2 Å². The Labute approximate surface area is 137 Å². The summed E-state index contributed by atoms with van der Waals surface area (Å²) in [5.41, 5.74) is 2.13. The zero-order valence-corrected chi connectivity index (χ0v) is 14.4. The van der Waals surface area contributed by atoms with Crippen LogP contribution in [0.2, 0.25) is 0 Å². The van der Waals surface area contributed by atoms with Crippen molar-refractivity contribution in [1.82, 2.24) is 14.5 Å². The molecule has 1 aromatic heterocycles. The number of rotatable bonds is 9. The van der Waals surface area contributed by atoms with E-state index >= 15 is 0 Å². The molecule has 2 aromatic rings. The summed E-state index contributed by atoms with van der Waals surface area (Å²) in [6, 6.07) is 5.24. The first kappa shape index (κ1) is 17.5. The van der Waals surface area contributed by atoms with E-state index in [-0.39, 0.29) is 0 Å². The molecule has 0 radical (unpaired) electrons. The van der Waals surface area contributed by atoms with Crippen molar-refractivity contribution in [2.24, 2.45) is 0 Å². The van der Waals surface area contributed by atoms with E-state index in [1.165, 1.54) is 0 Å². The summed E-state index contributed by atoms with van der Waals surface area (Å²) in [4.78, 5) is 18.2. The summed E-state index contributed by atoms with van der Waals surface area (Å²) in [5, 5.41) is 9.14. The molecular formula is C18H27N3O2. The van der Waals surface area contributed by atoms with E-state index < -0.39 is 5.97 Å². The molecule has 0 spiro atoms. The highest BCUT2D eigenvalue weighted by Gasteiger charge is 2.13. The number of hydrogen-bond acceptors (Lipinski definition) is 3. The van der Waals surface area contributed by atoms with Gasteiger partial charge in [-0.3, -0.25) is 0 Å². The second kappa shape index (κ2) is 8.11. The number of carbonyl (C=O) groups is 1. The summed E-state index contributed by atoms with van der Waals surface area (Å²) in [5.74, 6) is 0.157. The zero-order valence-electron chi connectivity index (χ0n) is 14.4. The standard InChI is InChI=1S/C18H27N3O2/c1-4-8-17-19-15-13-14(18(22)23)9-10-16(15)21(17)12-7-11-20(5-2)6-3/h9-10,13H,4-8,11-12H2,1-3H3,(H,22,23). The van der Waals surface area contributed by atoms with Gasteiger partial charge in [0.15, 0.2) is 0 Å². The number of aromatic nitrogens is 2. The summed E-state index contributed by atoms with van der Waals surface area (Å²) in [6.07, 6.45) is 3.03. The number of fused-ring (bicyclic) bond motifs is 1. The first-order chi connectivity index (χ1) is 11.1. The summed E-state index contributed by atoms with van der Waals surface area (Å²) in [7, 11) is 0. The lowest BCUT2D eigenvalue weighted by Crippen LogP contribution is -2.25. The first-order valence-electron chi connectivity index (χ1n) is 8.55. The minimum absolute atomic E-state index is 0.299. The molecular weight excluding hydrogens is 290 g/mol. The third-order valence-corrected chi connectivity index (χ3v) is 4.30. The third kappa shape index (κ3) is 4.10. The van der Waals surface area contributed by atoms with E-state index in [2.05, 4.69) is 35.2 Å². The normalized spacial score (nSPS) is 11.5. The fourth-order valence-electron chi connectivity index (χ4n) is 2.97. The van der Waals surface area contributed by atoms with Gasteiger partial charge in [0.05, 0.1) is 16.6 Å². The van der Waals surface area contributed by atoms with Crippen molar-refractivity contribution in [1.29, 1.82) is 0 Å². The molecule has 5 nitrogen and oxygen atoms in total. The van der Waals surface area contributed by atoms with Crippen LogP contribution in [0.5, 0.6) is 0 Å². The van der Waals surface area contributed by atoms with Crippen molar-refractivity contribution in [3.63, 3.8) is 0 Å². The van der Waals surface area contributed by atoms with E-state index in [9.17, 15) is 4.79 Å². The fourth-order valence-corrected chi connectivity index (χ4v) is 2.97. The molecule has 5 heteroatoms. The fraction of sp³-hybridized carbons (Fsp3) is 0.556. The van der Waals surface area contributed by atoms with E-state index in [4.69, 9.17) is 5.11 Å². The highest BCUT2D eigenvalue weighted by atomic mass is 16.4. The van der Waals surface area contributed by atoms with Gasteiger partial charge in [0, 0.05) is 13.0 Å². The van der Waals surface area contributed by atoms with E-state index in [0.29, 0.717) is 5.56 Å². The third-order valence-electron chi connectivity index (χ3n) is 4.30. The Morgan fingerprint density at radius 3 is 2.61 bits per heavy atom. The molecule has 0 aliphatic rings. The molecule has 126 valence electrons. The predicted molar refractivity (Wildman–Crippen MR) is 93.1 cm³/mol. The highest BCUT2D eigenvalue weighted by Crippen LogP contribution is 2.20. The largest absolute Gasteiger partial charge is 0.478 e. The van der Waals surface area contributed by atoms with Crippen molar-refractivity contribution in [3.05, 3.63) is 29.6 Å². The summed E-state index contributed by atoms with van der Waals surface area (Å²) < 4.78 is 2.26. The van der Waals surface area contributed by atoms with Gasteiger partial charge in [0.25, 0.3) is 0 Å². The van der Waals surface area contributed by atoms with Crippen LogP contribution in [0.15, 0.2) is 18.2 Å². The molecule has 0 fully saturated rings. The Hall–Kier alpha value is -1.88. The number of benzene rings is 1. The van der Waals surface area contributed by atoms with Gasteiger partial charge in [-0.2, -0.15) is 0 Å². The Morgan fingerprint density at radius 2 is 2.00 bits per heavy atom. The summed E-state index contributed by atoms with van der Waals surface area (Å²) >= 11 is 0.